The molecule has 1 amide bonds. The van der Waals surface area contributed by atoms with Gasteiger partial charge in [-0.05, 0) is 31.9 Å². The Morgan fingerprint density at radius 1 is 1.61 bits per heavy atom. The van der Waals surface area contributed by atoms with Gasteiger partial charge in [-0.2, -0.15) is 0 Å². The molecule has 1 saturated heterocycles. The van der Waals surface area contributed by atoms with Crippen LogP contribution in [0.15, 0.2) is 18.3 Å². The van der Waals surface area contributed by atoms with Gasteiger partial charge in [-0.3, -0.25) is 4.79 Å². The highest BCUT2D eigenvalue weighted by molar-refractivity contribution is 6.32. The molecule has 1 aromatic rings. The van der Waals surface area contributed by atoms with Gasteiger partial charge in [0.25, 0.3) is 5.91 Å². The first-order valence-corrected chi connectivity index (χ1v) is 6.38. The summed E-state index contributed by atoms with van der Waals surface area (Å²) in [5.41, 5.74) is 0.197. The van der Waals surface area contributed by atoms with Gasteiger partial charge in [-0.1, -0.05) is 11.6 Å². The van der Waals surface area contributed by atoms with Crippen LogP contribution in [0.4, 0.5) is 0 Å². The standard InChI is InChI=1S/C13H17ClN2O2/c1-13(18-2)6-4-8-16(9-13)12(17)10-5-3-7-15-11(10)14/h3,5,7H,4,6,8-9H2,1-2H3. The number of hydrogen-bond acceptors (Lipinski definition) is 3. The van der Waals surface area contributed by atoms with E-state index < -0.39 is 0 Å². The van der Waals surface area contributed by atoms with Crippen molar-refractivity contribution >= 4 is 17.5 Å². The summed E-state index contributed by atoms with van der Waals surface area (Å²) in [6.07, 6.45) is 3.48. The number of pyridine rings is 1. The number of likely N-dealkylation sites (tertiary alicyclic amines) is 1. The molecule has 98 valence electrons. The topological polar surface area (TPSA) is 42.4 Å². The first kappa shape index (κ1) is 13.3. The molecule has 0 N–H and O–H groups in total. The van der Waals surface area contributed by atoms with Crippen molar-refractivity contribution in [3.63, 3.8) is 0 Å². The van der Waals surface area contributed by atoms with Crippen molar-refractivity contribution < 1.29 is 9.53 Å². The normalized spacial score (nSPS) is 24.1. The number of nitrogens with zero attached hydrogens (tertiary/aromatic N) is 2. The molecular weight excluding hydrogens is 252 g/mol. The minimum Gasteiger partial charge on any atom is -0.377 e. The second-order valence-corrected chi connectivity index (χ2v) is 5.18. The van der Waals surface area contributed by atoms with Gasteiger partial charge in [0.2, 0.25) is 0 Å². The number of hydrogen-bond donors (Lipinski definition) is 0. The Labute approximate surface area is 112 Å². The summed E-state index contributed by atoms with van der Waals surface area (Å²) in [5, 5.41) is 0.257. The Morgan fingerprint density at radius 2 is 2.39 bits per heavy atom. The second kappa shape index (κ2) is 5.24. The summed E-state index contributed by atoms with van der Waals surface area (Å²) < 4.78 is 5.48. The number of methoxy groups -OCH3 is 1. The molecule has 4 nitrogen and oxygen atoms in total. The van der Waals surface area contributed by atoms with Crippen LogP contribution in [-0.4, -0.2) is 41.6 Å². The number of carbonyl (C=O) groups is 1. The van der Waals surface area contributed by atoms with Gasteiger partial charge in [0.15, 0.2) is 0 Å². The summed E-state index contributed by atoms with van der Waals surface area (Å²) >= 11 is 5.95. The van der Waals surface area contributed by atoms with E-state index >= 15 is 0 Å². The van der Waals surface area contributed by atoms with Gasteiger partial charge in [0.05, 0.1) is 11.2 Å². The van der Waals surface area contributed by atoms with Crippen molar-refractivity contribution in [3.05, 3.63) is 29.0 Å². The third kappa shape index (κ3) is 2.65. The summed E-state index contributed by atoms with van der Waals surface area (Å²) in [7, 11) is 1.69. The fourth-order valence-electron chi connectivity index (χ4n) is 2.26. The maximum absolute atomic E-state index is 12.4. The highest BCUT2D eigenvalue weighted by Gasteiger charge is 2.33. The molecule has 0 aromatic carbocycles. The molecule has 0 spiro atoms. The van der Waals surface area contributed by atoms with Crippen LogP contribution in [0.5, 0.6) is 0 Å². The third-order valence-electron chi connectivity index (χ3n) is 3.43. The number of halogens is 1. The minimum atomic E-state index is -0.261. The summed E-state index contributed by atoms with van der Waals surface area (Å²) in [4.78, 5) is 18.1. The molecule has 2 rings (SSSR count). The maximum atomic E-state index is 12.4. The lowest BCUT2D eigenvalue weighted by molar-refractivity contribution is -0.0440. The summed E-state index contributed by atoms with van der Waals surface area (Å²) in [6, 6.07) is 3.43. The predicted molar refractivity (Wildman–Crippen MR) is 69.8 cm³/mol. The zero-order valence-corrected chi connectivity index (χ0v) is 11.4. The van der Waals surface area contributed by atoms with Crippen molar-refractivity contribution in [2.24, 2.45) is 0 Å². The fourth-order valence-corrected chi connectivity index (χ4v) is 2.46. The third-order valence-corrected chi connectivity index (χ3v) is 3.73. The number of rotatable bonds is 2. The van der Waals surface area contributed by atoms with Crippen LogP contribution in [0.25, 0.3) is 0 Å². The van der Waals surface area contributed by atoms with E-state index in [0.29, 0.717) is 12.1 Å². The van der Waals surface area contributed by atoms with Gasteiger partial charge in [0.1, 0.15) is 5.15 Å². The molecule has 1 unspecified atom stereocenters. The molecule has 0 bridgehead atoms. The second-order valence-electron chi connectivity index (χ2n) is 4.83. The van der Waals surface area contributed by atoms with Gasteiger partial charge in [-0.25, -0.2) is 4.98 Å². The summed E-state index contributed by atoms with van der Waals surface area (Å²) in [6.45, 7) is 3.36. The highest BCUT2D eigenvalue weighted by Crippen LogP contribution is 2.26. The van der Waals surface area contributed by atoms with Crippen LogP contribution in [-0.2, 0) is 4.74 Å². The average Bonchev–Trinajstić information content (AvgIpc) is 2.39. The number of aromatic nitrogens is 1. The Balaban J connectivity index is 2.17. The van der Waals surface area contributed by atoms with Crippen molar-refractivity contribution in [1.29, 1.82) is 0 Å². The van der Waals surface area contributed by atoms with Crippen LogP contribution in [0, 0.1) is 0 Å². The number of piperidine rings is 1. The average molecular weight is 269 g/mol. The van der Waals surface area contributed by atoms with Gasteiger partial charge in [-0.15, -0.1) is 0 Å². The quantitative estimate of drug-likeness (QED) is 0.774. The van der Waals surface area contributed by atoms with Crippen molar-refractivity contribution in [2.75, 3.05) is 20.2 Å². The molecule has 1 aromatic heterocycles. The lowest BCUT2D eigenvalue weighted by Gasteiger charge is -2.39. The number of carbonyl (C=O) groups excluding carboxylic acids is 1. The highest BCUT2D eigenvalue weighted by atomic mass is 35.5. The van der Waals surface area contributed by atoms with Gasteiger partial charge >= 0.3 is 0 Å². The lowest BCUT2D eigenvalue weighted by Crippen LogP contribution is -2.49. The largest absolute Gasteiger partial charge is 0.377 e. The van der Waals surface area contributed by atoms with E-state index in [9.17, 15) is 4.79 Å². The van der Waals surface area contributed by atoms with Crippen molar-refractivity contribution in [3.8, 4) is 0 Å². The Bertz CT molecular complexity index is 452. The van der Waals surface area contributed by atoms with Crippen molar-refractivity contribution in [1.82, 2.24) is 9.88 Å². The molecule has 1 aliphatic heterocycles. The molecule has 0 aliphatic carbocycles. The van der Waals surface area contributed by atoms with E-state index in [0.717, 1.165) is 19.4 Å². The van der Waals surface area contributed by atoms with E-state index in [2.05, 4.69) is 4.98 Å². The molecule has 18 heavy (non-hydrogen) atoms. The predicted octanol–water partition coefficient (Wildman–Crippen LogP) is 2.38. The molecule has 1 fully saturated rings. The Morgan fingerprint density at radius 3 is 3.06 bits per heavy atom. The zero-order chi connectivity index (χ0) is 13.2. The van der Waals surface area contributed by atoms with Crippen LogP contribution < -0.4 is 0 Å². The first-order chi connectivity index (χ1) is 8.56. The minimum absolute atomic E-state index is 0.0731. The van der Waals surface area contributed by atoms with Crippen LogP contribution in [0.3, 0.4) is 0 Å². The van der Waals surface area contributed by atoms with Gasteiger partial charge < -0.3 is 9.64 Å². The van der Waals surface area contributed by atoms with E-state index in [1.54, 1.807) is 30.3 Å². The van der Waals surface area contributed by atoms with Gasteiger partial charge in [0, 0.05) is 26.4 Å². The van der Waals surface area contributed by atoms with Crippen LogP contribution >= 0.6 is 11.6 Å². The SMILES string of the molecule is COC1(C)CCCN(C(=O)c2cccnc2Cl)C1. The Kier molecular flexibility index (Phi) is 3.88. The smallest absolute Gasteiger partial charge is 0.257 e. The van der Waals surface area contributed by atoms with Crippen LogP contribution in [0.1, 0.15) is 30.1 Å². The molecule has 2 heterocycles. The molecular formula is C13H17ClN2O2. The maximum Gasteiger partial charge on any atom is 0.257 e. The van der Waals surface area contributed by atoms with E-state index in [1.165, 1.54) is 0 Å². The Hall–Kier alpha value is -1.13. The van der Waals surface area contributed by atoms with Crippen LogP contribution in [0.2, 0.25) is 5.15 Å². The number of amides is 1. The molecule has 0 radical (unpaired) electrons. The number of ether oxygens (including phenoxy) is 1. The summed E-state index contributed by atoms with van der Waals surface area (Å²) in [5.74, 6) is -0.0731. The van der Waals surface area contributed by atoms with E-state index in [4.69, 9.17) is 16.3 Å². The molecule has 0 saturated carbocycles. The van der Waals surface area contributed by atoms with E-state index in [-0.39, 0.29) is 16.7 Å². The fraction of sp³-hybridized carbons (Fsp3) is 0.538. The molecule has 1 aliphatic rings. The zero-order valence-electron chi connectivity index (χ0n) is 10.6. The van der Waals surface area contributed by atoms with E-state index in [1.807, 2.05) is 6.92 Å². The first-order valence-electron chi connectivity index (χ1n) is 6.01. The lowest BCUT2D eigenvalue weighted by atomic mass is 9.94. The van der Waals surface area contributed by atoms with Crippen molar-refractivity contribution in [2.45, 2.75) is 25.4 Å². The molecule has 1 atom stereocenters. The molecule has 5 heteroatoms. The monoisotopic (exact) mass is 268 g/mol.